The number of hydrogen-bond donors (Lipinski definition) is 1. The fourth-order valence-electron chi connectivity index (χ4n) is 4.81. The molecule has 2 aromatic rings. The Hall–Kier alpha value is -2.00. The Morgan fingerprint density at radius 2 is 1.68 bits per heavy atom. The van der Waals surface area contributed by atoms with E-state index in [2.05, 4.69) is 5.32 Å². The van der Waals surface area contributed by atoms with Gasteiger partial charge in [0, 0.05) is 33.2 Å². The minimum absolute atomic E-state index is 0.0505. The van der Waals surface area contributed by atoms with Gasteiger partial charge < -0.3 is 10.2 Å². The molecule has 2 amide bonds. The summed E-state index contributed by atoms with van der Waals surface area (Å²) in [6.45, 7) is 2.98. The first kappa shape index (κ1) is 30.5. The minimum atomic E-state index is -3.86. The Labute approximate surface area is 240 Å². The number of anilines is 1. The van der Waals surface area contributed by atoms with Crippen molar-refractivity contribution in [3.8, 4) is 0 Å². The largest absolute Gasteiger partial charge is 0.352 e. The van der Waals surface area contributed by atoms with Gasteiger partial charge in [0.2, 0.25) is 21.8 Å². The van der Waals surface area contributed by atoms with E-state index in [4.69, 9.17) is 34.8 Å². The van der Waals surface area contributed by atoms with Gasteiger partial charge in [0.15, 0.2) is 0 Å². The quantitative estimate of drug-likeness (QED) is 0.363. The summed E-state index contributed by atoms with van der Waals surface area (Å²) in [5, 5.41) is 4.26. The summed E-state index contributed by atoms with van der Waals surface area (Å²) in [5.74, 6) is -0.823. The maximum atomic E-state index is 13.9. The molecule has 0 heterocycles. The van der Waals surface area contributed by atoms with Gasteiger partial charge >= 0.3 is 0 Å². The minimum Gasteiger partial charge on any atom is -0.352 e. The van der Waals surface area contributed by atoms with Gasteiger partial charge in [-0.1, -0.05) is 67.1 Å². The Morgan fingerprint density at radius 1 is 1.05 bits per heavy atom. The highest BCUT2D eigenvalue weighted by Gasteiger charge is 2.33. The van der Waals surface area contributed by atoms with Crippen LogP contribution in [0.4, 0.5) is 5.69 Å². The Balaban J connectivity index is 1.98. The van der Waals surface area contributed by atoms with Crippen LogP contribution in [0, 0.1) is 6.92 Å². The molecule has 1 fully saturated rings. The lowest BCUT2D eigenvalue weighted by Crippen LogP contribution is -2.54. The van der Waals surface area contributed by atoms with Crippen LogP contribution in [-0.4, -0.2) is 50.0 Å². The smallest absolute Gasteiger partial charge is 0.244 e. The molecular weight excluding hydrogens is 569 g/mol. The van der Waals surface area contributed by atoms with Gasteiger partial charge in [-0.25, -0.2) is 8.42 Å². The van der Waals surface area contributed by atoms with Crippen LogP contribution in [0.1, 0.15) is 56.6 Å². The van der Waals surface area contributed by atoms with Crippen molar-refractivity contribution < 1.29 is 18.0 Å². The van der Waals surface area contributed by atoms with E-state index in [0.29, 0.717) is 38.3 Å². The molecule has 1 aliphatic carbocycles. The average molecular weight is 603 g/mol. The SMILES string of the molecule is CCC(C(=O)NC1CCCCC1)N(Cc1c(Cl)cccc1Cl)C(=O)CN(c1ccc(Cl)cc1C)S(C)(=O)=O. The summed E-state index contributed by atoms with van der Waals surface area (Å²) in [6, 6.07) is 8.99. The van der Waals surface area contributed by atoms with Crippen molar-refractivity contribution in [2.75, 3.05) is 17.1 Å². The molecule has 2 aromatic carbocycles. The van der Waals surface area contributed by atoms with Crippen molar-refractivity contribution >= 4 is 62.3 Å². The van der Waals surface area contributed by atoms with E-state index in [1.165, 1.54) is 4.90 Å². The molecule has 0 bridgehead atoms. The average Bonchev–Trinajstić information content (AvgIpc) is 2.84. The van der Waals surface area contributed by atoms with Crippen molar-refractivity contribution in [1.29, 1.82) is 0 Å². The zero-order valence-corrected chi connectivity index (χ0v) is 24.9. The summed E-state index contributed by atoms with van der Waals surface area (Å²) in [6.07, 6.45) is 6.38. The number of benzene rings is 2. The van der Waals surface area contributed by atoms with E-state index < -0.39 is 28.5 Å². The number of nitrogens with one attached hydrogen (secondary N) is 1. The molecule has 38 heavy (non-hydrogen) atoms. The lowest BCUT2D eigenvalue weighted by Gasteiger charge is -2.34. The third-order valence-electron chi connectivity index (χ3n) is 6.83. The lowest BCUT2D eigenvalue weighted by atomic mass is 9.95. The molecule has 1 saturated carbocycles. The second kappa shape index (κ2) is 13.4. The summed E-state index contributed by atoms with van der Waals surface area (Å²) in [7, 11) is -3.86. The molecule has 0 saturated heterocycles. The third-order valence-corrected chi connectivity index (χ3v) is 8.90. The Bertz CT molecular complexity index is 1250. The summed E-state index contributed by atoms with van der Waals surface area (Å²) in [4.78, 5) is 28.8. The fraction of sp³-hybridized carbons (Fsp3) is 0.481. The first-order valence-corrected chi connectivity index (χ1v) is 15.7. The number of rotatable bonds is 10. The van der Waals surface area contributed by atoms with Crippen molar-refractivity contribution in [3.05, 3.63) is 62.6 Å². The van der Waals surface area contributed by atoms with Gasteiger partial charge in [-0.3, -0.25) is 13.9 Å². The Kier molecular flexibility index (Phi) is 10.7. The van der Waals surface area contributed by atoms with E-state index in [1.807, 2.05) is 6.92 Å². The van der Waals surface area contributed by atoms with E-state index >= 15 is 0 Å². The molecule has 0 aromatic heterocycles. The molecule has 1 N–H and O–H groups in total. The number of carbonyl (C=O) groups excluding carboxylic acids is 2. The molecule has 208 valence electrons. The molecule has 1 aliphatic rings. The number of amides is 2. The zero-order chi connectivity index (χ0) is 28.0. The summed E-state index contributed by atoms with van der Waals surface area (Å²) >= 11 is 18.9. The lowest BCUT2D eigenvalue weighted by molar-refractivity contribution is -0.140. The fourth-order valence-corrected chi connectivity index (χ4v) is 6.46. The highest BCUT2D eigenvalue weighted by molar-refractivity contribution is 7.92. The molecule has 7 nitrogen and oxygen atoms in total. The van der Waals surface area contributed by atoms with Crippen molar-refractivity contribution in [2.24, 2.45) is 0 Å². The molecule has 0 spiro atoms. The van der Waals surface area contributed by atoms with E-state index in [0.717, 1.165) is 42.7 Å². The van der Waals surface area contributed by atoms with Crippen molar-refractivity contribution in [1.82, 2.24) is 10.2 Å². The normalized spacial score (nSPS) is 15.1. The predicted molar refractivity (Wildman–Crippen MR) is 154 cm³/mol. The maximum Gasteiger partial charge on any atom is 0.244 e. The number of halogens is 3. The summed E-state index contributed by atoms with van der Waals surface area (Å²) in [5.41, 5.74) is 1.42. The molecule has 11 heteroatoms. The van der Waals surface area contributed by atoms with Gasteiger partial charge in [0.05, 0.1) is 11.9 Å². The maximum absolute atomic E-state index is 13.9. The van der Waals surface area contributed by atoms with Gasteiger partial charge in [-0.05, 0) is 62.1 Å². The van der Waals surface area contributed by atoms with Crippen LogP contribution in [0.5, 0.6) is 0 Å². The topological polar surface area (TPSA) is 86.8 Å². The van der Waals surface area contributed by atoms with Crippen LogP contribution < -0.4 is 9.62 Å². The van der Waals surface area contributed by atoms with Crippen LogP contribution in [0.15, 0.2) is 36.4 Å². The van der Waals surface area contributed by atoms with Crippen LogP contribution >= 0.6 is 34.8 Å². The van der Waals surface area contributed by atoms with Gasteiger partial charge in [-0.2, -0.15) is 0 Å². The molecule has 0 radical (unpaired) electrons. The van der Waals surface area contributed by atoms with Crippen molar-refractivity contribution in [2.45, 2.75) is 71.0 Å². The first-order valence-electron chi connectivity index (χ1n) is 12.7. The zero-order valence-electron chi connectivity index (χ0n) is 21.8. The number of nitrogens with zero attached hydrogens (tertiary/aromatic N) is 2. The third kappa shape index (κ3) is 7.78. The highest BCUT2D eigenvalue weighted by atomic mass is 35.5. The van der Waals surface area contributed by atoms with Crippen LogP contribution in [-0.2, 0) is 26.2 Å². The second-order valence-corrected chi connectivity index (χ2v) is 12.8. The van der Waals surface area contributed by atoms with E-state index in [9.17, 15) is 18.0 Å². The van der Waals surface area contributed by atoms with Crippen LogP contribution in [0.25, 0.3) is 0 Å². The van der Waals surface area contributed by atoms with E-state index in [-0.39, 0.29) is 18.5 Å². The number of sulfonamides is 1. The van der Waals surface area contributed by atoms with Crippen LogP contribution in [0.2, 0.25) is 15.1 Å². The number of carbonyl (C=O) groups is 2. The van der Waals surface area contributed by atoms with E-state index in [1.54, 1.807) is 43.3 Å². The van der Waals surface area contributed by atoms with Gasteiger partial charge in [-0.15, -0.1) is 0 Å². The number of hydrogen-bond acceptors (Lipinski definition) is 4. The van der Waals surface area contributed by atoms with Gasteiger partial charge in [0.25, 0.3) is 0 Å². The highest BCUT2D eigenvalue weighted by Crippen LogP contribution is 2.29. The monoisotopic (exact) mass is 601 g/mol. The second-order valence-electron chi connectivity index (χ2n) is 9.69. The molecular formula is C27H34Cl3N3O4S. The molecule has 1 unspecified atom stereocenters. The van der Waals surface area contributed by atoms with Crippen LogP contribution in [0.3, 0.4) is 0 Å². The Morgan fingerprint density at radius 3 is 2.24 bits per heavy atom. The summed E-state index contributed by atoms with van der Waals surface area (Å²) < 4.78 is 26.7. The standard InChI is InChI=1S/C27H34Cl3N3O4S/c1-4-24(27(35)31-20-9-6-5-7-10-20)32(16-21-22(29)11-8-12-23(21)30)26(34)17-33(38(3,36)37)25-14-13-19(28)15-18(25)2/h8,11-15,20,24H,4-7,9-10,16-17H2,1-3H3,(H,31,35). The predicted octanol–water partition coefficient (Wildman–Crippen LogP) is 5.98. The first-order chi connectivity index (χ1) is 17.9. The van der Waals surface area contributed by atoms with Crippen molar-refractivity contribution in [3.63, 3.8) is 0 Å². The molecule has 0 aliphatic heterocycles. The number of aryl methyl sites for hydroxylation is 1. The van der Waals surface area contributed by atoms with Gasteiger partial charge in [0.1, 0.15) is 12.6 Å². The molecule has 1 atom stereocenters. The molecule has 3 rings (SSSR count).